The Morgan fingerprint density at radius 3 is 2.53 bits per heavy atom. The molecule has 10 heteroatoms. The van der Waals surface area contributed by atoms with Crippen LogP contribution in [0, 0.1) is 5.92 Å². The van der Waals surface area contributed by atoms with E-state index >= 15 is 0 Å². The summed E-state index contributed by atoms with van der Waals surface area (Å²) in [5.74, 6) is 1.09. The maximum atomic E-state index is 13.3. The van der Waals surface area contributed by atoms with Gasteiger partial charge >= 0.3 is 6.18 Å². The zero-order chi connectivity index (χ0) is 21.3. The van der Waals surface area contributed by atoms with E-state index in [0.29, 0.717) is 36.3 Å². The number of methoxy groups -OCH3 is 2. The molecule has 0 spiro atoms. The minimum absolute atomic E-state index is 0.0525. The van der Waals surface area contributed by atoms with Gasteiger partial charge in [-0.1, -0.05) is 6.42 Å². The Morgan fingerprint density at radius 1 is 1.10 bits per heavy atom. The van der Waals surface area contributed by atoms with Crippen molar-refractivity contribution in [1.82, 2.24) is 19.8 Å². The molecule has 4 rings (SSSR count). The first kappa shape index (κ1) is 20.2. The van der Waals surface area contributed by atoms with Crippen molar-refractivity contribution in [2.75, 3.05) is 25.7 Å². The number of hydrogen-bond acceptors (Lipinski definition) is 6. The van der Waals surface area contributed by atoms with Gasteiger partial charge in [0.05, 0.1) is 14.2 Å². The lowest BCUT2D eigenvalue weighted by Gasteiger charge is -2.33. The molecule has 1 fully saturated rings. The predicted octanol–water partition coefficient (Wildman–Crippen LogP) is 3.97. The Balaban J connectivity index is 1.70. The Kier molecular flexibility index (Phi) is 5.40. The van der Waals surface area contributed by atoms with E-state index in [-0.39, 0.29) is 5.65 Å². The molecule has 1 aliphatic carbocycles. The number of hydrogen-bond donors (Lipinski definition) is 0. The fourth-order valence-corrected chi connectivity index (χ4v) is 3.54. The van der Waals surface area contributed by atoms with Crippen LogP contribution in [0.5, 0.6) is 11.5 Å². The van der Waals surface area contributed by atoms with Gasteiger partial charge < -0.3 is 14.4 Å². The van der Waals surface area contributed by atoms with Crippen LogP contribution in [0.15, 0.2) is 30.3 Å². The maximum Gasteiger partial charge on any atom is 0.453 e. The lowest BCUT2D eigenvalue weighted by atomic mass is 9.85. The molecule has 7 nitrogen and oxygen atoms in total. The second-order valence-electron chi connectivity index (χ2n) is 7.34. The van der Waals surface area contributed by atoms with E-state index in [4.69, 9.17) is 9.47 Å². The van der Waals surface area contributed by atoms with Crippen molar-refractivity contribution in [2.45, 2.75) is 32.0 Å². The summed E-state index contributed by atoms with van der Waals surface area (Å²) in [6, 6.07) is 8.69. The Hall–Kier alpha value is -3.04. The highest BCUT2D eigenvalue weighted by Crippen LogP contribution is 2.32. The quantitative estimate of drug-likeness (QED) is 0.575. The van der Waals surface area contributed by atoms with Crippen molar-refractivity contribution in [3.05, 3.63) is 41.7 Å². The molecule has 30 heavy (non-hydrogen) atoms. The van der Waals surface area contributed by atoms with Crippen LogP contribution >= 0.6 is 0 Å². The molecule has 2 heterocycles. The maximum absolute atomic E-state index is 13.3. The zero-order valence-corrected chi connectivity index (χ0v) is 16.7. The molecule has 160 valence electrons. The van der Waals surface area contributed by atoms with E-state index in [2.05, 4.69) is 15.3 Å². The van der Waals surface area contributed by atoms with Crippen molar-refractivity contribution in [3.63, 3.8) is 0 Å². The smallest absolute Gasteiger partial charge is 0.453 e. The van der Waals surface area contributed by atoms with Crippen LogP contribution in [0.25, 0.3) is 5.65 Å². The van der Waals surface area contributed by atoms with Gasteiger partial charge in [0.15, 0.2) is 5.65 Å². The SMILES string of the molecule is COc1ccc(CN(CC2CCC2)c2ccc3nnc(C(F)(F)F)n3n2)c(OC)c1. The molecule has 0 amide bonds. The van der Waals surface area contributed by atoms with Crippen LogP contribution in [0.2, 0.25) is 0 Å². The number of halogens is 3. The fraction of sp³-hybridized carbons (Fsp3) is 0.450. The Morgan fingerprint density at radius 2 is 1.90 bits per heavy atom. The minimum atomic E-state index is -4.64. The molecule has 0 aliphatic heterocycles. The molecular weight excluding hydrogens is 399 g/mol. The first-order chi connectivity index (χ1) is 14.4. The number of benzene rings is 1. The number of ether oxygens (including phenoxy) is 2. The van der Waals surface area contributed by atoms with E-state index < -0.39 is 12.0 Å². The summed E-state index contributed by atoms with van der Waals surface area (Å²) in [4.78, 5) is 1.98. The molecule has 1 saturated carbocycles. The second kappa shape index (κ2) is 8.00. The third kappa shape index (κ3) is 3.99. The third-order valence-corrected chi connectivity index (χ3v) is 5.39. The monoisotopic (exact) mass is 421 g/mol. The molecule has 0 N–H and O–H groups in total. The zero-order valence-electron chi connectivity index (χ0n) is 16.7. The summed E-state index contributed by atoms with van der Waals surface area (Å²) >= 11 is 0. The molecule has 0 unspecified atom stereocenters. The number of anilines is 1. The molecule has 2 aromatic heterocycles. The van der Waals surface area contributed by atoms with Gasteiger partial charge in [0, 0.05) is 24.7 Å². The van der Waals surface area contributed by atoms with E-state index in [1.165, 1.54) is 12.5 Å². The summed E-state index contributed by atoms with van der Waals surface area (Å²) in [5.41, 5.74) is 0.941. The van der Waals surface area contributed by atoms with Crippen LogP contribution in [0.1, 0.15) is 30.7 Å². The molecule has 0 atom stereocenters. The number of aromatic nitrogens is 4. The van der Waals surface area contributed by atoms with Gasteiger partial charge in [0.25, 0.3) is 5.82 Å². The van der Waals surface area contributed by atoms with Crippen molar-refractivity contribution >= 4 is 11.5 Å². The van der Waals surface area contributed by atoms with Crippen LogP contribution in [-0.4, -0.2) is 40.6 Å². The van der Waals surface area contributed by atoms with Crippen LogP contribution in [0.4, 0.5) is 19.0 Å². The summed E-state index contributed by atoms with van der Waals surface area (Å²) < 4.78 is 51.3. The first-order valence-corrected chi connectivity index (χ1v) is 9.64. The Bertz CT molecular complexity index is 1030. The normalized spacial score (nSPS) is 14.6. The highest BCUT2D eigenvalue weighted by Gasteiger charge is 2.38. The van der Waals surface area contributed by atoms with Gasteiger partial charge in [-0.15, -0.1) is 15.3 Å². The summed E-state index contributed by atoms with van der Waals surface area (Å²) in [6.45, 7) is 1.13. The van der Waals surface area contributed by atoms with Crippen LogP contribution in [0.3, 0.4) is 0 Å². The topological polar surface area (TPSA) is 64.8 Å². The van der Waals surface area contributed by atoms with Gasteiger partial charge in [-0.25, -0.2) is 0 Å². The number of nitrogens with zero attached hydrogens (tertiary/aromatic N) is 5. The van der Waals surface area contributed by atoms with E-state index in [1.54, 1.807) is 26.4 Å². The van der Waals surface area contributed by atoms with Crippen molar-refractivity contribution < 1.29 is 22.6 Å². The third-order valence-electron chi connectivity index (χ3n) is 5.39. The van der Waals surface area contributed by atoms with Crippen molar-refractivity contribution in [1.29, 1.82) is 0 Å². The first-order valence-electron chi connectivity index (χ1n) is 9.64. The van der Waals surface area contributed by atoms with Gasteiger partial charge in [-0.3, -0.25) is 0 Å². The molecule has 3 aromatic rings. The molecule has 0 saturated heterocycles. The largest absolute Gasteiger partial charge is 0.497 e. The van der Waals surface area contributed by atoms with Gasteiger partial charge in [0.2, 0.25) is 0 Å². The highest BCUT2D eigenvalue weighted by molar-refractivity contribution is 5.49. The standard InChI is InChI=1S/C20H22F3N5O2/c1-29-15-7-6-14(16(10-15)30-2)12-27(11-13-4-3-5-13)18-9-8-17-24-25-19(20(21,22)23)28(17)26-18/h6-10,13H,3-5,11-12H2,1-2H3. The molecule has 0 bridgehead atoms. The highest BCUT2D eigenvalue weighted by atomic mass is 19.4. The van der Waals surface area contributed by atoms with Crippen LogP contribution < -0.4 is 14.4 Å². The summed E-state index contributed by atoms with van der Waals surface area (Å²) in [7, 11) is 3.15. The van der Waals surface area contributed by atoms with Crippen molar-refractivity contribution in [3.8, 4) is 11.5 Å². The lowest BCUT2D eigenvalue weighted by molar-refractivity contribution is -0.146. The van der Waals surface area contributed by atoms with Crippen molar-refractivity contribution in [2.24, 2.45) is 5.92 Å². The molecule has 0 radical (unpaired) electrons. The van der Waals surface area contributed by atoms with E-state index in [1.807, 2.05) is 17.0 Å². The predicted molar refractivity (Wildman–Crippen MR) is 104 cm³/mol. The van der Waals surface area contributed by atoms with Gasteiger partial charge in [-0.05, 0) is 43.0 Å². The molecule has 1 aromatic carbocycles. The molecule has 1 aliphatic rings. The summed E-state index contributed by atoms with van der Waals surface area (Å²) in [5, 5.41) is 11.1. The van der Waals surface area contributed by atoms with Crippen LogP contribution in [-0.2, 0) is 12.7 Å². The Labute approximate surface area is 171 Å². The van der Waals surface area contributed by atoms with Gasteiger partial charge in [0.1, 0.15) is 17.3 Å². The average molecular weight is 421 g/mol. The average Bonchev–Trinajstić information content (AvgIpc) is 3.13. The second-order valence-corrected chi connectivity index (χ2v) is 7.34. The lowest BCUT2D eigenvalue weighted by Crippen LogP contribution is -2.33. The number of rotatable bonds is 7. The molecular formula is C20H22F3N5O2. The summed E-state index contributed by atoms with van der Waals surface area (Å²) in [6.07, 6.45) is -1.28. The minimum Gasteiger partial charge on any atom is -0.497 e. The van der Waals surface area contributed by atoms with E-state index in [9.17, 15) is 13.2 Å². The number of fused-ring (bicyclic) bond motifs is 1. The number of alkyl halides is 3. The van der Waals surface area contributed by atoms with E-state index in [0.717, 1.165) is 22.9 Å². The van der Waals surface area contributed by atoms with Gasteiger partial charge in [-0.2, -0.15) is 17.7 Å². The fourth-order valence-electron chi connectivity index (χ4n) is 3.54.